The van der Waals surface area contributed by atoms with Crippen LogP contribution in [0.5, 0.6) is 5.75 Å². The number of anilines is 1. The number of benzene rings is 1. The van der Waals surface area contributed by atoms with E-state index in [-0.39, 0.29) is 12.6 Å². The molecule has 1 aromatic rings. The monoisotopic (exact) mass is 348 g/mol. The number of carbonyl (C=O) groups is 2. The Kier molecular flexibility index (Phi) is 5.55. The first-order valence-corrected chi connectivity index (χ1v) is 8.65. The molecule has 3 rings (SSSR count). The van der Waals surface area contributed by atoms with Gasteiger partial charge in [0.25, 0.3) is 0 Å². The number of carbonyl (C=O) groups excluding carboxylic acids is 2. The number of nitrogens with one attached hydrogen (secondary N) is 2. The summed E-state index contributed by atoms with van der Waals surface area (Å²) in [6.07, 6.45) is 5.00. The molecule has 0 bridgehead atoms. The molecule has 1 atom stereocenters. The Morgan fingerprint density at radius 3 is 2.56 bits per heavy atom. The van der Waals surface area contributed by atoms with Crippen LogP contribution >= 0.6 is 0 Å². The van der Waals surface area contributed by atoms with Gasteiger partial charge >= 0.3 is 11.8 Å². The number of rotatable bonds is 4. The molecule has 1 spiro atoms. The number of methoxy groups -OCH3 is 1. The van der Waals surface area contributed by atoms with Gasteiger partial charge in [-0.25, -0.2) is 0 Å². The molecule has 1 aliphatic heterocycles. The van der Waals surface area contributed by atoms with E-state index in [4.69, 9.17) is 14.2 Å². The van der Waals surface area contributed by atoms with Crippen LogP contribution in [0.15, 0.2) is 24.3 Å². The molecule has 1 heterocycles. The van der Waals surface area contributed by atoms with Gasteiger partial charge in [0.15, 0.2) is 5.79 Å². The minimum Gasteiger partial charge on any atom is -0.497 e. The smallest absolute Gasteiger partial charge is 0.313 e. The van der Waals surface area contributed by atoms with Gasteiger partial charge in [-0.3, -0.25) is 9.59 Å². The lowest BCUT2D eigenvalue weighted by Crippen LogP contribution is -2.41. The summed E-state index contributed by atoms with van der Waals surface area (Å²) >= 11 is 0. The van der Waals surface area contributed by atoms with Crippen molar-refractivity contribution >= 4 is 17.5 Å². The van der Waals surface area contributed by atoms with Crippen LogP contribution in [0.3, 0.4) is 0 Å². The molecule has 1 saturated carbocycles. The van der Waals surface area contributed by atoms with Crippen molar-refractivity contribution < 1.29 is 23.8 Å². The molecule has 2 fully saturated rings. The summed E-state index contributed by atoms with van der Waals surface area (Å²) in [7, 11) is 1.56. The fraction of sp³-hybridized carbons (Fsp3) is 0.556. The first-order valence-electron chi connectivity index (χ1n) is 8.65. The molecule has 1 aromatic carbocycles. The van der Waals surface area contributed by atoms with Crippen molar-refractivity contribution in [1.29, 1.82) is 0 Å². The zero-order valence-corrected chi connectivity index (χ0v) is 14.4. The molecular formula is C18H24N2O5. The lowest BCUT2D eigenvalue weighted by Gasteiger charge is -2.31. The highest BCUT2D eigenvalue weighted by Crippen LogP contribution is 2.37. The third-order valence-corrected chi connectivity index (χ3v) is 4.57. The van der Waals surface area contributed by atoms with E-state index in [9.17, 15) is 9.59 Å². The highest BCUT2D eigenvalue weighted by Gasteiger charge is 2.42. The van der Waals surface area contributed by atoms with Crippen LogP contribution < -0.4 is 15.4 Å². The molecule has 0 unspecified atom stereocenters. The van der Waals surface area contributed by atoms with Crippen LogP contribution in [0.2, 0.25) is 0 Å². The van der Waals surface area contributed by atoms with Crippen LogP contribution in [0.1, 0.15) is 32.1 Å². The lowest BCUT2D eigenvalue weighted by atomic mass is 9.94. The molecule has 2 N–H and O–H groups in total. The summed E-state index contributed by atoms with van der Waals surface area (Å²) < 4.78 is 16.8. The maximum atomic E-state index is 12.0. The maximum Gasteiger partial charge on any atom is 0.313 e. The number of hydrogen-bond acceptors (Lipinski definition) is 5. The molecule has 1 saturated heterocycles. The first-order chi connectivity index (χ1) is 12.1. The Balaban J connectivity index is 1.43. The minimum absolute atomic E-state index is 0.212. The van der Waals surface area contributed by atoms with E-state index >= 15 is 0 Å². The summed E-state index contributed by atoms with van der Waals surface area (Å²) in [5, 5.41) is 5.16. The zero-order chi connectivity index (χ0) is 17.7. The van der Waals surface area contributed by atoms with Crippen molar-refractivity contribution in [2.45, 2.75) is 44.0 Å². The van der Waals surface area contributed by atoms with Crippen molar-refractivity contribution in [3.63, 3.8) is 0 Å². The summed E-state index contributed by atoms with van der Waals surface area (Å²) in [6.45, 7) is 0.705. The van der Waals surface area contributed by atoms with Crippen LogP contribution in [-0.2, 0) is 19.1 Å². The van der Waals surface area contributed by atoms with Gasteiger partial charge in [0.2, 0.25) is 0 Å². The summed E-state index contributed by atoms with van der Waals surface area (Å²) in [6, 6.07) is 6.76. The summed E-state index contributed by atoms with van der Waals surface area (Å²) in [5.41, 5.74) is 0.530. The van der Waals surface area contributed by atoms with Crippen molar-refractivity contribution in [1.82, 2.24) is 5.32 Å². The molecule has 2 aliphatic rings. The van der Waals surface area contributed by atoms with Gasteiger partial charge < -0.3 is 24.8 Å². The predicted molar refractivity (Wildman–Crippen MR) is 91.3 cm³/mol. The van der Waals surface area contributed by atoms with E-state index in [1.165, 1.54) is 6.42 Å². The number of ether oxygens (including phenoxy) is 3. The van der Waals surface area contributed by atoms with Crippen LogP contribution in [0.25, 0.3) is 0 Å². The molecule has 2 amide bonds. The Labute approximate surface area is 147 Å². The fourth-order valence-corrected chi connectivity index (χ4v) is 3.22. The second-order valence-corrected chi connectivity index (χ2v) is 6.41. The van der Waals surface area contributed by atoms with Crippen molar-refractivity contribution in [2.75, 3.05) is 25.6 Å². The summed E-state index contributed by atoms with van der Waals surface area (Å²) in [5.74, 6) is -1.20. The topological polar surface area (TPSA) is 85.9 Å². The van der Waals surface area contributed by atoms with Gasteiger partial charge in [-0.05, 0) is 37.1 Å². The first kappa shape index (κ1) is 17.7. The Morgan fingerprint density at radius 1 is 1.16 bits per heavy atom. The van der Waals surface area contributed by atoms with Crippen LogP contribution in [0, 0.1) is 0 Å². The molecule has 1 aliphatic carbocycles. The van der Waals surface area contributed by atoms with Crippen LogP contribution in [-0.4, -0.2) is 44.0 Å². The minimum atomic E-state index is -0.712. The quantitative estimate of drug-likeness (QED) is 0.811. The normalized spacial score (nSPS) is 21.7. The SMILES string of the molecule is COc1ccc(NC(=O)C(=O)NC[C@H]2COC3(CCCCC3)O2)cc1. The standard InChI is InChI=1S/C18H24N2O5/c1-23-14-7-5-13(6-8-14)20-17(22)16(21)19-11-15-12-24-18(25-15)9-3-2-4-10-18/h5-8,15H,2-4,9-12H2,1H3,(H,19,21)(H,20,22)/t15-/m0/s1. The molecule has 136 valence electrons. The third kappa shape index (κ3) is 4.49. The molecule has 7 heteroatoms. The van der Waals surface area contributed by atoms with Crippen molar-refractivity contribution in [2.24, 2.45) is 0 Å². The average molecular weight is 348 g/mol. The van der Waals surface area contributed by atoms with E-state index in [0.717, 1.165) is 25.7 Å². The largest absolute Gasteiger partial charge is 0.497 e. The third-order valence-electron chi connectivity index (χ3n) is 4.57. The lowest BCUT2D eigenvalue weighted by molar-refractivity contribution is -0.186. The molecular weight excluding hydrogens is 324 g/mol. The Bertz CT molecular complexity index is 610. The molecule has 0 radical (unpaired) electrons. The number of amides is 2. The van der Waals surface area contributed by atoms with E-state index in [1.54, 1.807) is 31.4 Å². The fourth-order valence-electron chi connectivity index (χ4n) is 3.22. The Hall–Kier alpha value is -2.12. The zero-order valence-electron chi connectivity index (χ0n) is 14.4. The van der Waals surface area contributed by atoms with Crippen molar-refractivity contribution in [3.8, 4) is 5.75 Å². The van der Waals surface area contributed by atoms with E-state index in [2.05, 4.69) is 10.6 Å². The summed E-state index contributed by atoms with van der Waals surface area (Å²) in [4.78, 5) is 23.9. The van der Waals surface area contributed by atoms with Gasteiger partial charge in [0.05, 0.1) is 13.7 Å². The van der Waals surface area contributed by atoms with E-state index in [0.29, 0.717) is 18.0 Å². The molecule has 25 heavy (non-hydrogen) atoms. The van der Waals surface area contributed by atoms with Gasteiger partial charge in [0.1, 0.15) is 11.9 Å². The Morgan fingerprint density at radius 2 is 1.88 bits per heavy atom. The van der Waals surface area contributed by atoms with Gasteiger partial charge in [0, 0.05) is 25.1 Å². The highest BCUT2D eigenvalue weighted by molar-refractivity contribution is 6.39. The predicted octanol–water partition coefficient (Wildman–Crippen LogP) is 1.83. The average Bonchev–Trinajstić information content (AvgIpc) is 3.03. The second-order valence-electron chi connectivity index (χ2n) is 6.41. The molecule has 7 nitrogen and oxygen atoms in total. The van der Waals surface area contributed by atoms with Crippen LogP contribution in [0.4, 0.5) is 5.69 Å². The van der Waals surface area contributed by atoms with E-state index < -0.39 is 17.6 Å². The van der Waals surface area contributed by atoms with Gasteiger partial charge in [-0.2, -0.15) is 0 Å². The van der Waals surface area contributed by atoms with Crippen molar-refractivity contribution in [3.05, 3.63) is 24.3 Å². The van der Waals surface area contributed by atoms with E-state index in [1.807, 2.05) is 0 Å². The number of hydrogen-bond donors (Lipinski definition) is 2. The molecule has 0 aromatic heterocycles. The van der Waals surface area contributed by atoms with Gasteiger partial charge in [-0.15, -0.1) is 0 Å². The highest BCUT2D eigenvalue weighted by atomic mass is 16.7. The second kappa shape index (κ2) is 7.84. The maximum absolute atomic E-state index is 12.0. The van der Waals surface area contributed by atoms with Gasteiger partial charge in [-0.1, -0.05) is 6.42 Å².